The van der Waals surface area contributed by atoms with E-state index in [2.05, 4.69) is 138 Å². The van der Waals surface area contributed by atoms with E-state index in [0.717, 1.165) is 0 Å². The van der Waals surface area contributed by atoms with Crippen LogP contribution in [0.2, 0.25) is 0 Å². The monoisotopic (exact) mass is 552 g/mol. The highest BCUT2D eigenvalue weighted by Gasteiger charge is 2.44. The Labute approximate surface area is 248 Å². The van der Waals surface area contributed by atoms with Gasteiger partial charge in [0, 0.05) is 53.6 Å². The van der Waals surface area contributed by atoms with E-state index in [9.17, 15) is 0 Å². The highest BCUT2D eigenvalue weighted by atomic mass is 32.1. The number of hydrogen-bond acceptors (Lipinski definition) is 2. The van der Waals surface area contributed by atoms with Crippen molar-refractivity contribution in [3.63, 3.8) is 0 Å². The molecule has 4 heterocycles. The van der Waals surface area contributed by atoms with Crippen molar-refractivity contribution in [2.24, 2.45) is 0 Å². The number of hydrogen-bond donors (Lipinski definition) is 0. The van der Waals surface area contributed by atoms with E-state index in [4.69, 9.17) is 0 Å². The lowest BCUT2D eigenvalue weighted by atomic mass is 9.44. The molecule has 0 atom stereocenters. The molecule has 2 aliphatic heterocycles. The van der Waals surface area contributed by atoms with E-state index in [0.29, 0.717) is 0 Å². The SMILES string of the molecule is Cc1cc2c3c(c1)-n1c4ccccc4c4cccc(c41)B3N(c1ccccc1C)c1cc3c(cc1-2)sc1ccccc13. The highest BCUT2D eigenvalue weighted by molar-refractivity contribution is 7.25. The van der Waals surface area contributed by atoms with Crippen molar-refractivity contribution in [1.29, 1.82) is 0 Å². The molecule has 10 rings (SSSR count). The van der Waals surface area contributed by atoms with Crippen LogP contribution < -0.4 is 15.7 Å². The minimum Gasteiger partial charge on any atom is -0.376 e. The van der Waals surface area contributed by atoms with Crippen molar-refractivity contribution in [3.05, 3.63) is 126 Å². The normalized spacial score (nSPS) is 13.4. The van der Waals surface area contributed by atoms with Crippen LogP contribution in [0.15, 0.2) is 115 Å². The summed E-state index contributed by atoms with van der Waals surface area (Å²) in [5.41, 5.74) is 14.5. The standard InChI is InChI=1S/C38H25BN2S/c1-22-18-29-27-21-36-28(25-12-5-8-17-35(25)42-36)20-33(27)41(31-15-6-3-10-23(31)2)39-30-14-9-13-26-24-11-4-7-16-32(24)40(38(26)30)34(19-22)37(29)39/h3-21H,1-2H3. The number of benzene rings is 6. The van der Waals surface area contributed by atoms with Crippen LogP contribution >= 0.6 is 11.3 Å². The molecule has 0 N–H and O–H groups in total. The number of thiophene rings is 1. The average molecular weight is 553 g/mol. The smallest absolute Gasteiger partial charge is 0.333 e. The van der Waals surface area contributed by atoms with Crippen LogP contribution in [0, 0.1) is 13.8 Å². The number of aryl methyl sites for hydroxylation is 2. The Hall–Kier alpha value is -4.80. The fourth-order valence-corrected chi connectivity index (χ4v) is 8.96. The second-order valence-corrected chi connectivity index (χ2v) is 12.9. The molecule has 0 aliphatic carbocycles. The van der Waals surface area contributed by atoms with Crippen molar-refractivity contribution in [2.45, 2.75) is 13.8 Å². The van der Waals surface area contributed by atoms with Gasteiger partial charge in [-0.3, -0.25) is 0 Å². The minimum absolute atomic E-state index is 0.0621. The van der Waals surface area contributed by atoms with Gasteiger partial charge >= 0.3 is 6.85 Å². The molecule has 0 saturated carbocycles. The summed E-state index contributed by atoms with van der Waals surface area (Å²) in [4.78, 5) is 2.65. The van der Waals surface area contributed by atoms with Crippen molar-refractivity contribution < 1.29 is 0 Å². The summed E-state index contributed by atoms with van der Waals surface area (Å²) in [7, 11) is 0. The first-order chi connectivity index (χ1) is 20.7. The number of aromatic nitrogens is 1. The Balaban J connectivity index is 1.43. The fourth-order valence-electron chi connectivity index (χ4n) is 7.83. The van der Waals surface area contributed by atoms with Crippen LogP contribution in [0.1, 0.15) is 11.1 Å². The van der Waals surface area contributed by atoms with Gasteiger partial charge in [-0.1, -0.05) is 78.9 Å². The molecule has 8 aromatic rings. The van der Waals surface area contributed by atoms with Gasteiger partial charge in [-0.15, -0.1) is 11.3 Å². The molecule has 0 spiro atoms. The molecular formula is C38H25BN2S. The molecule has 0 amide bonds. The Kier molecular flexibility index (Phi) is 4.32. The van der Waals surface area contributed by atoms with E-state index in [1.807, 2.05) is 11.3 Å². The maximum Gasteiger partial charge on any atom is 0.333 e. The predicted octanol–water partition coefficient (Wildman–Crippen LogP) is 9.01. The number of nitrogens with zero attached hydrogens (tertiary/aromatic N) is 2. The van der Waals surface area contributed by atoms with E-state index >= 15 is 0 Å². The van der Waals surface area contributed by atoms with E-state index in [-0.39, 0.29) is 6.85 Å². The third-order valence-corrected chi connectivity index (χ3v) is 10.6. The molecule has 2 aromatic heterocycles. The van der Waals surface area contributed by atoms with Gasteiger partial charge in [-0.25, -0.2) is 0 Å². The fraction of sp³-hybridized carbons (Fsp3) is 0.0526. The minimum atomic E-state index is 0.0621. The molecule has 0 unspecified atom stereocenters. The largest absolute Gasteiger partial charge is 0.376 e. The molecule has 2 aliphatic rings. The zero-order valence-electron chi connectivity index (χ0n) is 23.3. The van der Waals surface area contributed by atoms with E-state index in [1.165, 1.54) is 92.2 Å². The quantitative estimate of drug-likeness (QED) is 0.185. The number of para-hydroxylation sites is 3. The number of rotatable bonds is 1. The number of fused-ring (bicyclic) bond motifs is 10. The van der Waals surface area contributed by atoms with Crippen LogP contribution in [0.25, 0.3) is 58.8 Å². The first kappa shape index (κ1) is 22.8. The Bertz CT molecular complexity index is 2460. The lowest BCUT2D eigenvalue weighted by Gasteiger charge is -2.43. The second kappa shape index (κ2) is 7.93. The lowest BCUT2D eigenvalue weighted by molar-refractivity contribution is 1.17. The summed E-state index contributed by atoms with van der Waals surface area (Å²) in [6.07, 6.45) is 0. The molecule has 6 aromatic carbocycles. The molecule has 42 heavy (non-hydrogen) atoms. The van der Waals surface area contributed by atoms with Gasteiger partial charge in [0.25, 0.3) is 0 Å². The number of anilines is 2. The summed E-state index contributed by atoms with van der Waals surface area (Å²) in [6.45, 7) is 4.56. The maximum absolute atomic E-state index is 2.65. The van der Waals surface area contributed by atoms with Crippen molar-refractivity contribution in [3.8, 4) is 16.8 Å². The molecule has 0 radical (unpaired) electrons. The molecule has 4 heteroatoms. The average Bonchev–Trinajstić information content (AvgIpc) is 3.55. The van der Waals surface area contributed by atoms with Gasteiger partial charge in [0.15, 0.2) is 0 Å². The highest BCUT2D eigenvalue weighted by Crippen LogP contribution is 2.48. The Morgan fingerprint density at radius 2 is 1.36 bits per heavy atom. The molecule has 196 valence electrons. The first-order valence-corrected chi connectivity index (χ1v) is 15.5. The van der Waals surface area contributed by atoms with Gasteiger partial charge < -0.3 is 9.38 Å². The van der Waals surface area contributed by atoms with Crippen LogP contribution in [-0.2, 0) is 0 Å². The van der Waals surface area contributed by atoms with E-state index < -0.39 is 0 Å². The summed E-state index contributed by atoms with van der Waals surface area (Å²) >= 11 is 1.90. The Morgan fingerprint density at radius 3 is 2.26 bits per heavy atom. The van der Waals surface area contributed by atoms with Gasteiger partial charge in [0.1, 0.15) is 0 Å². The van der Waals surface area contributed by atoms with Gasteiger partial charge in [-0.05, 0) is 77.9 Å². The van der Waals surface area contributed by atoms with Crippen molar-refractivity contribution >= 4 is 82.5 Å². The van der Waals surface area contributed by atoms with Gasteiger partial charge in [-0.2, -0.15) is 0 Å². The topological polar surface area (TPSA) is 8.17 Å². The van der Waals surface area contributed by atoms with Crippen LogP contribution in [0.5, 0.6) is 0 Å². The summed E-state index contributed by atoms with van der Waals surface area (Å²) < 4.78 is 5.23. The lowest BCUT2D eigenvalue weighted by Crippen LogP contribution is -2.60. The molecule has 0 saturated heterocycles. The summed E-state index contributed by atoms with van der Waals surface area (Å²) in [5.74, 6) is 0. The predicted molar refractivity (Wildman–Crippen MR) is 182 cm³/mol. The third kappa shape index (κ3) is 2.76. The summed E-state index contributed by atoms with van der Waals surface area (Å²) in [5, 5.41) is 5.32. The molecular weight excluding hydrogens is 527 g/mol. The maximum atomic E-state index is 2.65. The first-order valence-electron chi connectivity index (χ1n) is 14.6. The molecule has 0 fully saturated rings. The zero-order chi connectivity index (χ0) is 27.7. The molecule has 2 nitrogen and oxygen atoms in total. The third-order valence-electron chi connectivity index (χ3n) is 9.52. The van der Waals surface area contributed by atoms with Gasteiger partial charge in [0.2, 0.25) is 0 Å². The van der Waals surface area contributed by atoms with Crippen LogP contribution in [0.4, 0.5) is 11.4 Å². The van der Waals surface area contributed by atoms with Crippen LogP contribution in [-0.4, -0.2) is 11.4 Å². The second-order valence-electron chi connectivity index (χ2n) is 11.9. The van der Waals surface area contributed by atoms with Crippen molar-refractivity contribution in [2.75, 3.05) is 4.81 Å². The molecule has 0 bridgehead atoms. The zero-order valence-corrected chi connectivity index (χ0v) is 24.2. The van der Waals surface area contributed by atoms with Gasteiger partial charge in [0.05, 0.1) is 11.0 Å². The van der Waals surface area contributed by atoms with E-state index in [1.54, 1.807) is 0 Å². The summed E-state index contributed by atoms with van der Waals surface area (Å²) in [6, 6.07) is 43.3. The Morgan fingerprint density at radius 1 is 0.571 bits per heavy atom. The van der Waals surface area contributed by atoms with Crippen LogP contribution in [0.3, 0.4) is 0 Å². The van der Waals surface area contributed by atoms with Crippen molar-refractivity contribution in [1.82, 2.24) is 4.57 Å².